The highest BCUT2D eigenvalue weighted by atomic mass is 16.5. The van der Waals surface area contributed by atoms with E-state index in [-0.39, 0.29) is 12.1 Å². The monoisotopic (exact) mass is 224 g/mol. The van der Waals surface area contributed by atoms with Crippen molar-refractivity contribution >= 4 is 5.97 Å². The van der Waals surface area contributed by atoms with Crippen molar-refractivity contribution in [3.05, 3.63) is 11.6 Å². The van der Waals surface area contributed by atoms with Gasteiger partial charge in [0.25, 0.3) is 0 Å². The van der Waals surface area contributed by atoms with Gasteiger partial charge in [0, 0.05) is 0 Å². The molecule has 3 nitrogen and oxygen atoms in total. The van der Waals surface area contributed by atoms with Crippen molar-refractivity contribution in [1.29, 1.82) is 0 Å². The molecular weight excluding hydrogens is 204 g/mol. The van der Waals surface area contributed by atoms with Crippen LogP contribution in [0.3, 0.4) is 0 Å². The quantitative estimate of drug-likeness (QED) is 0.691. The first-order chi connectivity index (χ1) is 7.83. The Balaban J connectivity index is 1.98. The van der Waals surface area contributed by atoms with Crippen LogP contribution >= 0.6 is 0 Å². The predicted octanol–water partition coefficient (Wildman–Crippen LogP) is 2.46. The van der Waals surface area contributed by atoms with Crippen molar-refractivity contribution in [1.82, 2.24) is 0 Å². The lowest BCUT2D eigenvalue weighted by Gasteiger charge is -2.28. The fourth-order valence-corrected chi connectivity index (χ4v) is 2.69. The Bertz CT molecular complexity index is 277. The van der Waals surface area contributed by atoms with Gasteiger partial charge in [0.15, 0.2) is 0 Å². The van der Waals surface area contributed by atoms with Crippen molar-refractivity contribution < 1.29 is 14.3 Å². The maximum absolute atomic E-state index is 11.7. The van der Waals surface area contributed by atoms with Crippen LogP contribution in [0.2, 0.25) is 0 Å². The molecule has 0 aromatic carbocycles. The van der Waals surface area contributed by atoms with Crippen LogP contribution in [-0.2, 0) is 14.3 Å². The first-order valence-corrected chi connectivity index (χ1v) is 6.31. The minimum atomic E-state index is -0.185. The van der Waals surface area contributed by atoms with Crippen molar-refractivity contribution in [2.24, 2.45) is 5.92 Å². The van der Waals surface area contributed by atoms with Crippen LogP contribution in [0.25, 0.3) is 0 Å². The highest BCUT2D eigenvalue weighted by Crippen LogP contribution is 2.33. The lowest BCUT2D eigenvalue weighted by molar-refractivity contribution is -0.140. The Hall–Kier alpha value is -0.830. The molecule has 1 heterocycles. The highest BCUT2D eigenvalue weighted by Gasteiger charge is 2.34. The minimum Gasteiger partial charge on any atom is -0.463 e. The van der Waals surface area contributed by atoms with Crippen LogP contribution in [0.4, 0.5) is 0 Å². The SMILES string of the molecule is CCOC(=O)C1=CCOC1C1CCCCC1. The third-order valence-electron chi connectivity index (χ3n) is 3.47. The molecule has 0 aromatic rings. The Morgan fingerprint density at radius 2 is 2.19 bits per heavy atom. The van der Waals surface area contributed by atoms with Crippen molar-refractivity contribution in [3.8, 4) is 0 Å². The van der Waals surface area contributed by atoms with E-state index in [2.05, 4.69) is 0 Å². The summed E-state index contributed by atoms with van der Waals surface area (Å²) in [7, 11) is 0. The van der Waals surface area contributed by atoms with Crippen LogP contribution < -0.4 is 0 Å². The Morgan fingerprint density at radius 3 is 2.88 bits per heavy atom. The maximum Gasteiger partial charge on any atom is 0.336 e. The molecule has 1 aliphatic carbocycles. The first-order valence-electron chi connectivity index (χ1n) is 6.31. The van der Waals surface area contributed by atoms with Crippen LogP contribution in [0.1, 0.15) is 39.0 Å². The Kier molecular flexibility index (Phi) is 3.99. The summed E-state index contributed by atoms with van der Waals surface area (Å²) >= 11 is 0. The van der Waals surface area contributed by atoms with Crippen LogP contribution in [0.5, 0.6) is 0 Å². The number of hydrogen-bond donors (Lipinski definition) is 0. The van der Waals surface area contributed by atoms with Gasteiger partial charge in [0.1, 0.15) is 0 Å². The highest BCUT2D eigenvalue weighted by molar-refractivity contribution is 5.90. The van der Waals surface area contributed by atoms with E-state index < -0.39 is 0 Å². The lowest BCUT2D eigenvalue weighted by Crippen LogP contribution is -2.28. The summed E-state index contributed by atoms with van der Waals surface area (Å²) in [6, 6.07) is 0. The summed E-state index contributed by atoms with van der Waals surface area (Å²) in [5.41, 5.74) is 0.758. The summed E-state index contributed by atoms with van der Waals surface area (Å²) in [4.78, 5) is 11.7. The summed E-state index contributed by atoms with van der Waals surface area (Å²) in [5.74, 6) is 0.336. The van der Waals surface area contributed by atoms with E-state index in [0.29, 0.717) is 19.1 Å². The maximum atomic E-state index is 11.7. The van der Waals surface area contributed by atoms with Crippen molar-refractivity contribution in [2.75, 3.05) is 13.2 Å². The summed E-state index contributed by atoms with van der Waals surface area (Å²) in [6.07, 6.45) is 8.10. The average Bonchev–Trinajstić information content (AvgIpc) is 2.79. The van der Waals surface area contributed by atoms with E-state index in [1.165, 1.54) is 32.1 Å². The molecule has 2 aliphatic rings. The Morgan fingerprint density at radius 1 is 1.44 bits per heavy atom. The van der Waals surface area contributed by atoms with Crippen LogP contribution in [0.15, 0.2) is 11.6 Å². The molecule has 16 heavy (non-hydrogen) atoms. The van der Waals surface area contributed by atoms with Gasteiger partial charge in [-0.05, 0) is 31.8 Å². The fraction of sp³-hybridized carbons (Fsp3) is 0.769. The molecule has 0 radical (unpaired) electrons. The molecule has 0 amide bonds. The molecule has 0 N–H and O–H groups in total. The van der Waals surface area contributed by atoms with E-state index in [1.54, 1.807) is 0 Å². The number of carbonyl (C=O) groups is 1. The second-order valence-corrected chi connectivity index (χ2v) is 4.53. The van der Waals surface area contributed by atoms with Gasteiger partial charge in [0.2, 0.25) is 0 Å². The molecule has 3 heteroatoms. The van der Waals surface area contributed by atoms with Crippen LogP contribution in [0, 0.1) is 5.92 Å². The zero-order valence-corrected chi connectivity index (χ0v) is 9.91. The number of ether oxygens (including phenoxy) is 2. The lowest BCUT2D eigenvalue weighted by atomic mass is 9.83. The largest absolute Gasteiger partial charge is 0.463 e. The normalized spacial score (nSPS) is 26.6. The molecule has 0 spiro atoms. The number of carbonyl (C=O) groups excluding carboxylic acids is 1. The molecular formula is C13H20O3. The van der Waals surface area contributed by atoms with Gasteiger partial charge in [-0.25, -0.2) is 4.79 Å². The topological polar surface area (TPSA) is 35.5 Å². The molecule has 90 valence electrons. The third kappa shape index (κ3) is 2.46. The summed E-state index contributed by atoms with van der Waals surface area (Å²) in [6.45, 7) is 2.84. The number of esters is 1. The van der Waals surface area contributed by atoms with Gasteiger partial charge in [0.05, 0.1) is 24.9 Å². The third-order valence-corrected chi connectivity index (χ3v) is 3.47. The predicted molar refractivity (Wildman–Crippen MR) is 61.0 cm³/mol. The summed E-state index contributed by atoms with van der Waals surface area (Å²) < 4.78 is 10.7. The van der Waals surface area contributed by atoms with Gasteiger partial charge in [-0.2, -0.15) is 0 Å². The molecule has 1 atom stereocenters. The zero-order chi connectivity index (χ0) is 11.4. The Labute approximate surface area is 96.8 Å². The number of rotatable bonds is 3. The van der Waals surface area contributed by atoms with Crippen LogP contribution in [-0.4, -0.2) is 25.3 Å². The van der Waals surface area contributed by atoms with Gasteiger partial charge < -0.3 is 9.47 Å². The van der Waals surface area contributed by atoms with Crippen molar-refractivity contribution in [2.45, 2.75) is 45.1 Å². The van der Waals surface area contributed by atoms with E-state index >= 15 is 0 Å². The van der Waals surface area contributed by atoms with E-state index in [9.17, 15) is 4.79 Å². The standard InChI is InChI=1S/C13H20O3/c1-2-15-13(14)11-8-9-16-12(11)10-6-4-3-5-7-10/h8,10,12H,2-7,9H2,1H3. The molecule has 1 aliphatic heterocycles. The minimum absolute atomic E-state index is 0.000602. The second-order valence-electron chi connectivity index (χ2n) is 4.53. The van der Waals surface area contributed by atoms with E-state index in [0.717, 1.165) is 5.57 Å². The van der Waals surface area contributed by atoms with Gasteiger partial charge >= 0.3 is 5.97 Å². The molecule has 1 unspecified atom stereocenters. The first kappa shape index (κ1) is 11.6. The smallest absolute Gasteiger partial charge is 0.336 e. The molecule has 0 bridgehead atoms. The number of hydrogen-bond acceptors (Lipinski definition) is 3. The van der Waals surface area contributed by atoms with Gasteiger partial charge in [-0.15, -0.1) is 0 Å². The molecule has 2 rings (SSSR count). The average molecular weight is 224 g/mol. The molecule has 1 fully saturated rings. The fourth-order valence-electron chi connectivity index (χ4n) is 2.69. The van der Waals surface area contributed by atoms with Crippen molar-refractivity contribution in [3.63, 3.8) is 0 Å². The molecule has 0 aromatic heterocycles. The molecule has 1 saturated carbocycles. The zero-order valence-electron chi connectivity index (χ0n) is 9.91. The summed E-state index contributed by atoms with van der Waals surface area (Å²) in [5, 5.41) is 0. The van der Waals surface area contributed by atoms with E-state index in [4.69, 9.17) is 9.47 Å². The second kappa shape index (κ2) is 5.48. The van der Waals surface area contributed by atoms with E-state index in [1.807, 2.05) is 13.0 Å². The van der Waals surface area contributed by atoms with Gasteiger partial charge in [-0.3, -0.25) is 0 Å². The van der Waals surface area contributed by atoms with Gasteiger partial charge in [-0.1, -0.05) is 19.3 Å². The molecule has 0 saturated heterocycles.